The minimum absolute atomic E-state index is 0.0484. The maximum atomic E-state index is 13.2. The first-order valence-corrected chi connectivity index (χ1v) is 19.0. The van der Waals surface area contributed by atoms with Crippen LogP contribution in [0.5, 0.6) is 0 Å². The summed E-state index contributed by atoms with van der Waals surface area (Å²) >= 11 is 6.53. The molecule has 47 heavy (non-hydrogen) atoms. The quantitative estimate of drug-likeness (QED) is 0.143. The standard InChI is InChI=1S/C34H48ClN7O4S/c1-4-19-46-27-22-42(41-34(27,24-10-5-11-24)25-12-6-13-25)29-17-16-26(31(35)39-29)32(43)40-47(44,45)30-15-7-14-28(38-30)36-18-8-9-23-20-33(2,3)37-21-23/h7,14-17,22-25,37,41H,4-6,8-13,18-21H2,1-3H3,(H,36,38)(H,40,43)/t23-/m0/s1. The highest BCUT2D eigenvalue weighted by Crippen LogP contribution is 2.53. The Morgan fingerprint density at radius 1 is 1.11 bits per heavy atom. The molecule has 1 saturated heterocycles. The van der Waals surface area contributed by atoms with Gasteiger partial charge in [0, 0.05) is 12.1 Å². The number of anilines is 2. The summed E-state index contributed by atoms with van der Waals surface area (Å²) in [5.74, 6) is 2.60. The fourth-order valence-electron chi connectivity index (χ4n) is 7.37. The van der Waals surface area contributed by atoms with Crippen LogP contribution in [0, 0.1) is 17.8 Å². The number of amides is 1. The van der Waals surface area contributed by atoms with Gasteiger partial charge in [-0.3, -0.25) is 9.80 Å². The van der Waals surface area contributed by atoms with Crippen LogP contribution < -0.4 is 25.8 Å². The molecule has 4 heterocycles. The predicted octanol–water partition coefficient (Wildman–Crippen LogP) is 5.76. The van der Waals surface area contributed by atoms with Crippen molar-refractivity contribution in [3.63, 3.8) is 0 Å². The number of ether oxygens (including phenoxy) is 1. The van der Waals surface area contributed by atoms with E-state index in [0.717, 1.165) is 63.7 Å². The Labute approximate surface area is 283 Å². The van der Waals surface area contributed by atoms with Gasteiger partial charge in [-0.1, -0.05) is 37.4 Å². The number of nitrogens with zero attached hydrogens (tertiary/aromatic N) is 3. The molecule has 2 aliphatic carbocycles. The van der Waals surface area contributed by atoms with Gasteiger partial charge in [-0.2, -0.15) is 8.42 Å². The number of halogens is 1. The molecule has 2 aliphatic heterocycles. The average molecular weight is 686 g/mol. The molecule has 2 aromatic rings. The summed E-state index contributed by atoms with van der Waals surface area (Å²) in [5, 5.41) is 8.24. The van der Waals surface area contributed by atoms with E-state index in [1.807, 2.05) is 11.2 Å². The second-order valence-corrected chi connectivity index (χ2v) is 16.1. The van der Waals surface area contributed by atoms with Gasteiger partial charge in [-0.25, -0.2) is 20.1 Å². The van der Waals surface area contributed by atoms with Gasteiger partial charge in [-0.05, 0) is 114 Å². The summed E-state index contributed by atoms with van der Waals surface area (Å²) in [4.78, 5) is 21.9. The van der Waals surface area contributed by atoms with Crippen LogP contribution in [0.15, 0.2) is 47.3 Å². The number of pyridine rings is 2. The average Bonchev–Trinajstić information content (AvgIpc) is 3.51. The van der Waals surface area contributed by atoms with E-state index in [0.29, 0.717) is 42.5 Å². The van der Waals surface area contributed by atoms with Gasteiger partial charge in [0.15, 0.2) is 5.03 Å². The van der Waals surface area contributed by atoms with Crippen molar-refractivity contribution in [1.29, 1.82) is 0 Å². The van der Waals surface area contributed by atoms with Crippen LogP contribution in [-0.4, -0.2) is 55.1 Å². The summed E-state index contributed by atoms with van der Waals surface area (Å²) in [6.07, 6.45) is 13.1. The van der Waals surface area contributed by atoms with Crippen LogP contribution in [0.25, 0.3) is 0 Å². The normalized spacial score (nSPS) is 22.3. The molecule has 0 radical (unpaired) electrons. The molecular weight excluding hydrogens is 638 g/mol. The van der Waals surface area contributed by atoms with Gasteiger partial charge < -0.3 is 15.4 Å². The number of aromatic nitrogens is 2. The summed E-state index contributed by atoms with van der Waals surface area (Å²) in [5.41, 5.74) is 3.60. The first kappa shape index (κ1) is 34.0. The smallest absolute Gasteiger partial charge is 0.281 e. The first-order valence-electron chi connectivity index (χ1n) is 17.1. The molecule has 2 aromatic heterocycles. The van der Waals surface area contributed by atoms with Gasteiger partial charge in [0.25, 0.3) is 15.9 Å². The Bertz CT molecular complexity index is 1580. The highest BCUT2D eigenvalue weighted by atomic mass is 35.5. The largest absolute Gasteiger partial charge is 0.494 e. The highest BCUT2D eigenvalue weighted by Gasteiger charge is 2.56. The zero-order chi connectivity index (χ0) is 33.2. The molecule has 0 bridgehead atoms. The molecular formula is C34H48ClN7O4S. The number of hydrogen-bond acceptors (Lipinski definition) is 10. The third-order valence-electron chi connectivity index (χ3n) is 10.2. The van der Waals surface area contributed by atoms with Gasteiger partial charge in [0.2, 0.25) is 0 Å². The number of rotatable bonds is 14. The fourth-order valence-corrected chi connectivity index (χ4v) is 8.54. The third kappa shape index (κ3) is 7.25. The molecule has 2 saturated carbocycles. The lowest BCUT2D eigenvalue weighted by molar-refractivity contribution is 0.0144. The minimum Gasteiger partial charge on any atom is -0.494 e. The summed E-state index contributed by atoms with van der Waals surface area (Å²) in [6.45, 7) is 8.86. The zero-order valence-electron chi connectivity index (χ0n) is 27.6. The van der Waals surface area contributed by atoms with Crippen molar-refractivity contribution in [2.45, 2.75) is 101 Å². The molecule has 13 heteroatoms. The van der Waals surface area contributed by atoms with E-state index in [2.05, 4.69) is 51.5 Å². The van der Waals surface area contributed by atoms with Crippen molar-refractivity contribution >= 4 is 39.2 Å². The van der Waals surface area contributed by atoms with Gasteiger partial charge in [0.1, 0.15) is 28.1 Å². The molecule has 6 rings (SSSR count). The Morgan fingerprint density at radius 3 is 2.47 bits per heavy atom. The first-order chi connectivity index (χ1) is 22.5. The predicted molar refractivity (Wildman–Crippen MR) is 183 cm³/mol. The number of sulfonamides is 1. The minimum atomic E-state index is -4.27. The summed E-state index contributed by atoms with van der Waals surface area (Å²) < 4.78 is 34.8. The molecule has 4 N–H and O–H groups in total. The van der Waals surface area contributed by atoms with Crippen molar-refractivity contribution < 1.29 is 17.9 Å². The SMILES string of the molecule is CCCOC1=CN(c2ccc(C(=O)NS(=O)(=O)c3cccc(NCCC[C@@H]4CNC(C)(C)C4)n3)c(Cl)n2)NC1(C1CCC1)C1CCC1. The van der Waals surface area contributed by atoms with E-state index in [1.165, 1.54) is 25.0 Å². The van der Waals surface area contributed by atoms with Crippen LogP contribution in [0.1, 0.15) is 95.3 Å². The summed E-state index contributed by atoms with van der Waals surface area (Å²) in [7, 11) is -4.27. The van der Waals surface area contributed by atoms with E-state index in [4.69, 9.17) is 16.3 Å². The second kappa shape index (κ2) is 13.9. The maximum Gasteiger partial charge on any atom is 0.281 e. The summed E-state index contributed by atoms with van der Waals surface area (Å²) in [6, 6.07) is 7.83. The molecule has 256 valence electrons. The van der Waals surface area contributed by atoms with Gasteiger partial charge in [-0.15, -0.1) is 0 Å². The number of carbonyl (C=O) groups excluding carboxylic acids is 1. The van der Waals surface area contributed by atoms with Crippen LogP contribution in [-0.2, 0) is 14.8 Å². The monoisotopic (exact) mass is 685 g/mol. The molecule has 0 aromatic carbocycles. The molecule has 0 unspecified atom stereocenters. The molecule has 3 fully saturated rings. The lowest BCUT2D eigenvalue weighted by atomic mass is 9.59. The number of carbonyl (C=O) groups is 1. The van der Waals surface area contributed by atoms with E-state index < -0.39 is 15.9 Å². The lowest BCUT2D eigenvalue weighted by Gasteiger charge is -2.52. The number of nitrogens with one attached hydrogen (secondary N) is 4. The van der Waals surface area contributed by atoms with Crippen molar-refractivity contribution in [3.05, 3.63) is 53.0 Å². The number of hydrogen-bond donors (Lipinski definition) is 4. The lowest BCUT2D eigenvalue weighted by Crippen LogP contribution is -2.62. The third-order valence-corrected chi connectivity index (χ3v) is 11.8. The Balaban J connectivity index is 1.10. The molecule has 1 amide bonds. The topological polar surface area (TPSA) is 138 Å². The fraction of sp³-hybridized carbons (Fsp3) is 0.618. The molecule has 4 aliphatic rings. The molecule has 0 spiro atoms. The van der Waals surface area contributed by atoms with E-state index >= 15 is 0 Å². The molecule has 1 atom stereocenters. The highest BCUT2D eigenvalue weighted by molar-refractivity contribution is 7.90. The Hall–Kier alpha value is -2.93. The van der Waals surface area contributed by atoms with Crippen LogP contribution in [0.3, 0.4) is 0 Å². The van der Waals surface area contributed by atoms with Crippen LogP contribution >= 0.6 is 11.6 Å². The van der Waals surface area contributed by atoms with Crippen molar-refractivity contribution in [3.8, 4) is 0 Å². The second-order valence-electron chi connectivity index (χ2n) is 14.2. The Morgan fingerprint density at radius 2 is 1.85 bits per heavy atom. The van der Waals surface area contributed by atoms with Crippen molar-refractivity contribution in [2.75, 3.05) is 30.0 Å². The zero-order valence-corrected chi connectivity index (χ0v) is 29.2. The van der Waals surface area contributed by atoms with E-state index in [9.17, 15) is 13.2 Å². The van der Waals surface area contributed by atoms with Crippen LogP contribution in [0.4, 0.5) is 11.6 Å². The van der Waals surface area contributed by atoms with Gasteiger partial charge >= 0.3 is 0 Å². The maximum absolute atomic E-state index is 13.2. The van der Waals surface area contributed by atoms with Gasteiger partial charge in [0.05, 0.1) is 18.4 Å². The van der Waals surface area contributed by atoms with E-state index in [1.54, 1.807) is 18.2 Å². The van der Waals surface area contributed by atoms with Crippen molar-refractivity contribution in [1.82, 2.24) is 25.4 Å². The van der Waals surface area contributed by atoms with Crippen molar-refractivity contribution in [2.24, 2.45) is 17.8 Å². The Kier molecular flexibility index (Phi) is 10.0. The van der Waals surface area contributed by atoms with E-state index in [-0.39, 0.29) is 26.8 Å². The number of hydrazine groups is 1. The molecule has 11 nitrogen and oxygen atoms in total. The van der Waals surface area contributed by atoms with Crippen LogP contribution in [0.2, 0.25) is 5.15 Å².